The van der Waals surface area contributed by atoms with E-state index in [-0.39, 0.29) is 23.1 Å². The minimum absolute atomic E-state index is 0.0518. The van der Waals surface area contributed by atoms with Crippen LogP contribution < -0.4 is 0 Å². The second-order valence-electron chi connectivity index (χ2n) is 6.98. The van der Waals surface area contributed by atoms with E-state index in [0.29, 0.717) is 47.8 Å². The highest BCUT2D eigenvalue weighted by molar-refractivity contribution is 7.90. The number of carbonyl (C=O) groups excluding carboxylic acids is 1. The van der Waals surface area contributed by atoms with Gasteiger partial charge in [0.2, 0.25) is 5.91 Å². The largest absolute Gasteiger partial charge is 0.378 e. The molecule has 1 saturated heterocycles. The Bertz CT molecular complexity index is 1150. The van der Waals surface area contributed by atoms with Crippen LogP contribution >= 0.6 is 11.6 Å². The van der Waals surface area contributed by atoms with Crippen LogP contribution in [0.3, 0.4) is 0 Å². The lowest BCUT2D eigenvalue weighted by Crippen LogP contribution is -2.42. The van der Waals surface area contributed by atoms with E-state index in [0.717, 1.165) is 0 Å². The standard InChI is InChI=1S/C21H21ClN2O4S/c22-18-7-3-1-5-16(18)15-29(26,27)20-13-24(19-8-4-2-6-17(19)20)14-21(25)23-9-11-28-12-10-23/h1-8,13H,9-12,14-15H2. The number of rotatable bonds is 5. The minimum atomic E-state index is -3.65. The summed E-state index contributed by atoms with van der Waals surface area (Å²) in [7, 11) is -3.65. The number of fused-ring (bicyclic) bond motifs is 1. The van der Waals surface area contributed by atoms with Crippen molar-refractivity contribution in [1.82, 2.24) is 9.47 Å². The Balaban J connectivity index is 1.68. The molecule has 1 aliphatic heterocycles. The fraction of sp³-hybridized carbons (Fsp3) is 0.286. The molecule has 152 valence electrons. The van der Waals surface area contributed by atoms with Gasteiger partial charge in [-0.2, -0.15) is 0 Å². The number of para-hydroxylation sites is 1. The zero-order valence-electron chi connectivity index (χ0n) is 15.8. The first kappa shape index (κ1) is 19.9. The highest BCUT2D eigenvalue weighted by Gasteiger charge is 2.24. The molecule has 4 rings (SSSR count). The first-order valence-corrected chi connectivity index (χ1v) is 11.4. The Morgan fingerprint density at radius 2 is 1.72 bits per heavy atom. The van der Waals surface area contributed by atoms with Crippen molar-refractivity contribution >= 4 is 38.2 Å². The van der Waals surface area contributed by atoms with E-state index in [2.05, 4.69) is 0 Å². The van der Waals surface area contributed by atoms with Crippen LogP contribution in [0.5, 0.6) is 0 Å². The third-order valence-corrected chi connectivity index (χ3v) is 7.12. The normalized spacial score (nSPS) is 15.0. The number of amides is 1. The molecular weight excluding hydrogens is 412 g/mol. The van der Waals surface area contributed by atoms with Gasteiger partial charge in [0.1, 0.15) is 6.54 Å². The molecule has 1 fully saturated rings. The lowest BCUT2D eigenvalue weighted by molar-refractivity contribution is -0.135. The summed E-state index contributed by atoms with van der Waals surface area (Å²) in [4.78, 5) is 14.6. The lowest BCUT2D eigenvalue weighted by Gasteiger charge is -2.27. The summed E-state index contributed by atoms with van der Waals surface area (Å²) < 4.78 is 33.4. The summed E-state index contributed by atoms with van der Waals surface area (Å²) in [5.41, 5.74) is 1.27. The smallest absolute Gasteiger partial charge is 0.242 e. The van der Waals surface area contributed by atoms with Crippen molar-refractivity contribution in [3.8, 4) is 0 Å². The van der Waals surface area contributed by atoms with Gasteiger partial charge in [0, 0.05) is 35.2 Å². The van der Waals surface area contributed by atoms with E-state index in [9.17, 15) is 13.2 Å². The second-order valence-corrected chi connectivity index (χ2v) is 9.35. The van der Waals surface area contributed by atoms with Gasteiger partial charge in [-0.25, -0.2) is 8.42 Å². The van der Waals surface area contributed by atoms with Crippen LogP contribution in [0.1, 0.15) is 5.56 Å². The Morgan fingerprint density at radius 3 is 2.48 bits per heavy atom. The van der Waals surface area contributed by atoms with Gasteiger partial charge in [0.15, 0.2) is 9.84 Å². The summed E-state index contributed by atoms with van der Waals surface area (Å²) in [5, 5.41) is 1.02. The van der Waals surface area contributed by atoms with E-state index in [1.54, 1.807) is 52.1 Å². The van der Waals surface area contributed by atoms with Crippen molar-refractivity contribution in [1.29, 1.82) is 0 Å². The Morgan fingerprint density at radius 1 is 1.03 bits per heavy atom. The van der Waals surface area contributed by atoms with Gasteiger partial charge in [-0.05, 0) is 17.7 Å². The SMILES string of the molecule is O=C(Cn1cc(S(=O)(=O)Cc2ccccc2Cl)c2ccccc21)N1CCOCC1. The maximum atomic E-state index is 13.2. The van der Waals surface area contributed by atoms with Gasteiger partial charge >= 0.3 is 0 Å². The Kier molecular flexibility index (Phi) is 5.63. The predicted octanol–water partition coefficient (Wildman–Crippen LogP) is 3.13. The number of sulfone groups is 1. The zero-order valence-corrected chi connectivity index (χ0v) is 17.3. The van der Waals surface area contributed by atoms with Crippen LogP contribution in [0, 0.1) is 0 Å². The first-order valence-electron chi connectivity index (χ1n) is 9.35. The monoisotopic (exact) mass is 432 g/mol. The van der Waals surface area contributed by atoms with Crippen LogP contribution in [0.25, 0.3) is 10.9 Å². The van der Waals surface area contributed by atoms with Crippen LogP contribution in [0.2, 0.25) is 5.02 Å². The van der Waals surface area contributed by atoms with Gasteiger partial charge < -0.3 is 14.2 Å². The van der Waals surface area contributed by atoms with Crippen molar-refractivity contribution in [3.05, 3.63) is 65.3 Å². The molecule has 2 heterocycles. The van der Waals surface area contributed by atoms with E-state index in [1.807, 2.05) is 12.1 Å². The Hall–Kier alpha value is -2.35. The Labute approximate surface area is 174 Å². The number of aromatic nitrogens is 1. The average molecular weight is 433 g/mol. The zero-order chi connectivity index (χ0) is 20.4. The van der Waals surface area contributed by atoms with Gasteiger partial charge in [-0.15, -0.1) is 0 Å². The van der Waals surface area contributed by atoms with Crippen LogP contribution in [-0.4, -0.2) is 50.1 Å². The molecule has 0 spiro atoms. The van der Waals surface area contributed by atoms with E-state index in [4.69, 9.17) is 16.3 Å². The third kappa shape index (κ3) is 4.17. The summed E-state index contributed by atoms with van der Waals surface area (Å²) in [5.74, 6) is -0.248. The van der Waals surface area contributed by atoms with Crippen molar-refractivity contribution in [2.45, 2.75) is 17.2 Å². The topological polar surface area (TPSA) is 68.6 Å². The summed E-state index contributed by atoms with van der Waals surface area (Å²) in [6.07, 6.45) is 1.56. The molecule has 6 nitrogen and oxygen atoms in total. The van der Waals surface area contributed by atoms with Gasteiger partial charge in [-0.3, -0.25) is 4.79 Å². The summed E-state index contributed by atoms with van der Waals surface area (Å²) in [6, 6.07) is 14.1. The van der Waals surface area contributed by atoms with E-state index in [1.165, 1.54) is 0 Å². The molecule has 0 aliphatic carbocycles. The molecule has 0 atom stereocenters. The summed E-state index contributed by atoms with van der Waals surface area (Å²) >= 11 is 6.17. The maximum absolute atomic E-state index is 13.2. The molecule has 0 bridgehead atoms. The van der Waals surface area contributed by atoms with Crippen molar-refractivity contribution < 1.29 is 17.9 Å². The first-order chi connectivity index (χ1) is 14.0. The number of morpholine rings is 1. The molecule has 0 saturated carbocycles. The number of halogens is 1. The number of benzene rings is 2. The molecule has 3 aromatic rings. The average Bonchev–Trinajstić information content (AvgIpc) is 3.10. The fourth-order valence-electron chi connectivity index (χ4n) is 3.55. The number of hydrogen-bond acceptors (Lipinski definition) is 4. The predicted molar refractivity (Wildman–Crippen MR) is 112 cm³/mol. The van der Waals surface area contributed by atoms with Crippen LogP contribution in [0.4, 0.5) is 0 Å². The summed E-state index contributed by atoms with van der Waals surface area (Å²) in [6.45, 7) is 2.23. The van der Waals surface area contributed by atoms with Crippen LogP contribution in [-0.2, 0) is 31.7 Å². The molecule has 0 unspecified atom stereocenters. The van der Waals surface area contributed by atoms with Crippen molar-refractivity contribution in [2.75, 3.05) is 26.3 Å². The minimum Gasteiger partial charge on any atom is -0.378 e. The molecule has 1 amide bonds. The molecule has 0 radical (unpaired) electrons. The second kappa shape index (κ2) is 8.18. The number of ether oxygens (including phenoxy) is 1. The highest BCUT2D eigenvalue weighted by Crippen LogP contribution is 2.29. The molecule has 8 heteroatoms. The molecule has 2 aromatic carbocycles. The van der Waals surface area contributed by atoms with Gasteiger partial charge in [-0.1, -0.05) is 48.0 Å². The highest BCUT2D eigenvalue weighted by atomic mass is 35.5. The van der Waals surface area contributed by atoms with Gasteiger partial charge in [0.05, 0.1) is 23.9 Å². The van der Waals surface area contributed by atoms with E-state index < -0.39 is 9.84 Å². The maximum Gasteiger partial charge on any atom is 0.242 e. The molecule has 1 aliphatic rings. The number of carbonyl (C=O) groups is 1. The number of nitrogens with zero attached hydrogens (tertiary/aromatic N) is 2. The molecule has 1 aromatic heterocycles. The lowest BCUT2D eigenvalue weighted by atomic mass is 10.2. The number of hydrogen-bond donors (Lipinski definition) is 0. The van der Waals surface area contributed by atoms with Crippen molar-refractivity contribution in [2.24, 2.45) is 0 Å². The molecule has 29 heavy (non-hydrogen) atoms. The van der Waals surface area contributed by atoms with Crippen LogP contribution in [0.15, 0.2) is 59.6 Å². The molecular formula is C21H21ClN2O4S. The van der Waals surface area contributed by atoms with Crippen molar-refractivity contribution in [3.63, 3.8) is 0 Å². The molecule has 0 N–H and O–H groups in total. The fourth-order valence-corrected chi connectivity index (χ4v) is 5.44. The quantitative estimate of drug-likeness (QED) is 0.621. The third-order valence-electron chi connectivity index (χ3n) is 5.06. The van der Waals surface area contributed by atoms with E-state index >= 15 is 0 Å². The van der Waals surface area contributed by atoms with Gasteiger partial charge in [0.25, 0.3) is 0 Å².